The predicted molar refractivity (Wildman–Crippen MR) is 80.6 cm³/mol. The molecule has 1 aromatic carbocycles. The third-order valence-electron chi connectivity index (χ3n) is 3.90. The zero-order chi connectivity index (χ0) is 14.1. The number of fused-ring (bicyclic) bond motifs is 1. The third-order valence-corrected chi connectivity index (χ3v) is 3.90. The maximum Gasteiger partial charge on any atom is 0.0614 e. The van der Waals surface area contributed by atoms with Crippen LogP contribution in [0.15, 0.2) is 42.9 Å². The maximum atomic E-state index is 4.35. The van der Waals surface area contributed by atoms with Crippen molar-refractivity contribution in [1.82, 2.24) is 20.1 Å². The van der Waals surface area contributed by atoms with Crippen LogP contribution in [0.2, 0.25) is 0 Å². The van der Waals surface area contributed by atoms with E-state index in [1.54, 1.807) is 0 Å². The van der Waals surface area contributed by atoms with Gasteiger partial charge >= 0.3 is 0 Å². The van der Waals surface area contributed by atoms with Gasteiger partial charge in [0.25, 0.3) is 0 Å². The molecule has 3 aromatic rings. The van der Waals surface area contributed by atoms with Crippen LogP contribution in [0.3, 0.4) is 0 Å². The molecule has 2 heterocycles. The van der Waals surface area contributed by atoms with Gasteiger partial charge in [0, 0.05) is 36.1 Å². The van der Waals surface area contributed by atoms with Crippen LogP contribution in [0.5, 0.6) is 0 Å². The van der Waals surface area contributed by atoms with E-state index in [0.717, 1.165) is 0 Å². The van der Waals surface area contributed by atoms with Gasteiger partial charge in [0.05, 0.1) is 12.2 Å². The zero-order valence-corrected chi connectivity index (χ0v) is 12.0. The van der Waals surface area contributed by atoms with E-state index >= 15 is 0 Å². The SMILES string of the molecule is CNC(c1cnn(C)c1C)c1cccc2ccncc12. The molecule has 2 aromatic heterocycles. The number of pyridine rings is 1. The molecule has 1 unspecified atom stereocenters. The van der Waals surface area contributed by atoms with Crippen molar-refractivity contribution >= 4 is 10.8 Å². The molecule has 1 atom stereocenters. The summed E-state index contributed by atoms with van der Waals surface area (Å²) in [5.41, 5.74) is 3.60. The Labute approximate surface area is 118 Å². The van der Waals surface area contributed by atoms with E-state index in [1.807, 2.05) is 43.4 Å². The number of aryl methyl sites for hydroxylation is 1. The van der Waals surface area contributed by atoms with Gasteiger partial charge in [-0.05, 0) is 31.0 Å². The molecule has 4 nitrogen and oxygen atoms in total. The Morgan fingerprint density at radius 3 is 2.70 bits per heavy atom. The molecule has 0 amide bonds. The molecule has 0 spiro atoms. The first-order valence-corrected chi connectivity index (χ1v) is 6.70. The first kappa shape index (κ1) is 12.8. The smallest absolute Gasteiger partial charge is 0.0614 e. The molecule has 0 saturated carbocycles. The lowest BCUT2D eigenvalue weighted by Gasteiger charge is -2.18. The largest absolute Gasteiger partial charge is 0.309 e. The van der Waals surface area contributed by atoms with Gasteiger partial charge < -0.3 is 5.32 Å². The minimum absolute atomic E-state index is 0.122. The van der Waals surface area contributed by atoms with Crippen molar-refractivity contribution in [3.63, 3.8) is 0 Å². The van der Waals surface area contributed by atoms with E-state index in [2.05, 4.69) is 40.5 Å². The minimum atomic E-state index is 0.122. The Bertz CT molecular complexity index is 740. The van der Waals surface area contributed by atoms with E-state index in [-0.39, 0.29) is 6.04 Å². The van der Waals surface area contributed by atoms with E-state index in [4.69, 9.17) is 0 Å². The average molecular weight is 266 g/mol. The third kappa shape index (κ3) is 1.98. The van der Waals surface area contributed by atoms with Crippen LogP contribution in [0.25, 0.3) is 10.8 Å². The summed E-state index contributed by atoms with van der Waals surface area (Å²) in [6, 6.07) is 8.52. The number of nitrogens with zero attached hydrogens (tertiary/aromatic N) is 3. The van der Waals surface area contributed by atoms with Crippen molar-refractivity contribution in [3.8, 4) is 0 Å². The van der Waals surface area contributed by atoms with Crippen molar-refractivity contribution in [1.29, 1.82) is 0 Å². The highest BCUT2D eigenvalue weighted by atomic mass is 15.3. The summed E-state index contributed by atoms with van der Waals surface area (Å²) in [4.78, 5) is 4.26. The molecule has 0 saturated heterocycles. The average Bonchev–Trinajstić information content (AvgIpc) is 2.81. The summed E-state index contributed by atoms with van der Waals surface area (Å²) in [5.74, 6) is 0. The highest BCUT2D eigenvalue weighted by Gasteiger charge is 2.18. The quantitative estimate of drug-likeness (QED) is 0.792. The number of aromatic nitrogens is 3. The molecule has 4 heteroatoms. The lowest BCUT2D eigenvalue weighted by Crippen LogP contribution is -2.18. The van der Waals surface area contributed by atoms with Gasteiger partial charge in [0.15, 0.2) is 0 Å². The van der Waals surface area contributed by atoms with Crippen molar-refractivity contribution in [2.75, 3.05) is 7.05 Å². The van der Waals surface area contributed by atoms with Gasteiger partial charge in [0.2, 0.25) is 0 Å². The summed E-state index contributed by atoms with van der Waals surface area (Å²) in [6.07, 6.45) is 5.70. The zero-order valence-electron chi connectivity index (χ0n) is 12.0. The molecule has 0 bridgehead atoms. The van der Waals surface area contributed by atoms with Crippen LogP contribution < -0.4 is 5.32 Å². The first-order valence-electron chi connectivity index (χ1n) is 6.70. The van der Waals surface area contributed by atoms with Crippen molar-refractivity contribution in [2.45, 2.75) is 13.0 Å². The standard InChI is InChI=1S/C16H18N4/c1-11-14(10-19-20(11)3)16(17-2)13-6-4-5-12-7-8-18-9-15(12)13/h4-10,16-17H,1-3H3. The summed E-state index contributed by atoms with van der Waals surface area (Å²) in [6.45, 7) is 2.09. The second kappa shape index (κ2) is 5.06. The van der Waals surface area contributed by atoms with E-state index in [9.17, 15) is 0 Å². The van der Waals surface area contributed by atoms with Gasteiger partial charge in [-0.1, -0.05) is 18.2 Å². The fourth-order valence-electron chi connectivity index (χ4n) is 2.67. The molecule has 0 fully saturated rings. The lowest BCUT2D eigenvalue weighted by atomic mass is 9.95. The fourth-order valence-corrected chi connectivity index (χ4v) is 2.67. The van der Waals surface area contributed by atoms with Crippen LogP contribution in [0, 0.1) is 6.92 Å². The van der Waals surface area contributed by atoms with Gasteiger partial charge in [-0.3, -0.25) is 9.67 Å². The van der Waals surface area contributed by atoms with Gasteiger partial charge in [-0.25, -0.2) is 0 Å². The summed E-state index contributed by atoms with van der Waals surface area (Å²) < 4.78 is 1.91. The minimum Gasteiger partial charge on any atom is -0.309 e. The van der Waals surface area contributed by atoms with Crippen molar-refractivity contribution in [2.24, 2.45) is 7.05 Å². The molecule has 0 radical (unpaired) electrons. The second-order valence-corrected chi connectivity index (χ2v) is 4.97. The van der Waals surface area contributed by atoms with Gasteiger partial charge in [-0.15, -0.1) is 0 Å². The molecule has 0 aliphatic carbocycles. The summed E-state index contributed by atoms with van der Waals surface area (Å²) >= 11 is 0. The monoisotopic (exact) mass is 266 g/mol. The van der Waals surface area contributed by atoms with E-state index < -0.39 is 0 Å². The molecular formula is C16H18N4. The summed E-state index contributed by atoms with van der Waals surface area (Å²) in [5, 5.41) is 10.1. The van der Waals surface area contributed by atoms with Crippen LogP contribution in [0.4, 0.5) is 0 Å². The second-order valence-electron chi connectivity index (χ2n) is 4.97. The van der Waals surface area contributed by atoms with Gasteiger partial charge in [0.1, 0.15) is 0 Å². The number of rotatable bonds is 3. The highest BCUT2D eigenvalue weighted by molar-refractivity contribution is 5.85. The number of nitrogens with one attached hydrogen (secondary N) is 1. The number of hydrogen-bond acceptors (Lipinski definition) is 3. The highest BCUT2D eigenvalue weighted by Crippen LogP contribution is 2.29. The van der Waals surface area contributed by atoms with Gasteiger partial charge in [-0.2, -0.15) is 5.10 Å². The van der Waals surface area contributed by atoms with Crippen molar-refractivity contribution in [3.05, 3.63) is 59.7 Å². The number of hydrogen-bond donors (Lipinski definition) is 1. The Balaban J connectivity index is 2.19. The Morgan fingerprint density at radius 1 is 1.15 bits per heavy atom. The Kier molecular flexibility index (Phi) is 3.24. The molecule has 1 N–H and O–H groups in total. The molecule has 20 heavy (non-hydrogen) atoms. The Hall–Kier alpha value is -2.20. The number of benzene rings is 1. The Morgan fingerprint density at radius 2 is 2.00 bits per heavy atom. The van der Waals surface area contributed by atoms with Crippen LogP contribution in [-0.2, 0) is 7.05 Å². The summed E-state index contributed by atoms with van der Waals surface area (Å²) in [7, 11) is 3.95. The fraction of sp³-hybridized carbons (Fsp3) is 0.250. The predicted octanol–water partition coefficient (Wildman–Crippen LogP) is 2.59. The molecule has 0 aliphatic rings. The van der Waals surface area contributed by atoms with Crippen LogP contribution in [0.1, 0.15) is 22.9 Å². The molecule has 102 valence electrons. The van der Waals surface area contributed by atoms with E-state index in [0.29, 0.717) is 0 Å². The lowest BCUT2D eigenvalue weighted by molar-refractivity contribution is 0.683. The topological polar surface area (TPSA) is 42.7 Å². The maximum absolute atomic E-state index is 4.35. The van der Waals surface area contributed by atoms with Crippen molar-refractivity contribution < 1.29 is 0 Å². The molecule has 3 rings (SSSR count). The van der Waals surface area contributed by atoms with Crippen LogP contribution in [-0.4, -0.2) is 21.8 Å². The first-order chi connectivity index (χ1) is 9.72. The van der Waals surface area contributed by atoms with E-state index in [1.165, 1.54) is 27.6 Å². The molecule has 0 aliphatic heterocycles. The molecular weight excluding hydrogens is 248 g/mol. The normalized spacial score (nSPS) is 12.8. The van der Waals surface area contributed by atoms with Crippen LogP contribution >= 0.6 is 0 Å².